The number of rotatable bonds is 4. The molecule has 180 valence electrons. The monoisotopic (exact) mass is 509 g/mol. The SMILES string of the molecule is CC1(C)CN(C2CC2)Cc2cc(Nc3ncc4c(n3)SCN(c3c(F)cccc3Cl)C4=O)ccc21. The Kier molecular flexibility index (Phi) is 5.51. The van der Waals surface area contributed by atoms with Crippen molar-refractivity contribution in [2.24, 2.45) is 0 Å². The number of anilines is 3. The van der Waals surface area contributed by atoms with E-state index in [-0.39, 0.29) is 27.9 Å². The van der Waals surface area contributed by atoms with Crippen LogP contribution in [0.5, 0.6) is 0 Å². The number of hydrogen-bond donors (Lipinski definition) is 1. The van der Waals surface area contributed by atoms with Gasteiger partial charge < -0.3 is 5.32 Å². The van der Waals surface area contributed by atoms with Crippen molar-refractivity contribution in [3.63, 3.8) is 0 Å². The van der Waals surface area contributed by atoms with Crippen molar-refractivity contribution in [2.75, 3.05) is 22.6 Å². The summed E-state index contributed by atoms with van der Waals surface area (Å²) in [6, 6.07) is 11.6. The lowest BCUT2D eigenvalue weighted by atomic mass is 9.78. The summed E-state index contributed by atoms with van der Waals surface area (Å²) >= 11 is 7.53. The number of fused-ring (bicyclic) bond motifs is 2. The van der Waals surface area contributed by atoms with Crippen molar-refractivity contribution in [1.82, 2.24) is 14.9 Å². The maximum atomic E-state index is 14.4. The van der Waals surface area contributed by atoms with Gasteiger partial charge in [0.15, 0.2) is 0 Å². The molecule has 3 aromatic rings. The smallest absolute Gasteiger partial charge is 0.263 e. The molecule has 6 nitrogen and oxygen atoms in total. The number of para-hydroxylation sites is 1. The highest BCUT2D eigenvalue weighted by atomic mass is 35.5. The number of nitrogens with one attached hydrogen (secondary N) is 1. The number of amides is 1. The summed E-state index contributed by atoms with van der Waals surface area (Å²) in [7, 11) is 0. The van der Waals surface area contributed by atoms with Crippen LogP contribution in [-0.2, 0) is 12.0 Å². The van der Waals surface area contributed by atoms with Crippen LogP contribution >= 0.6 is 23.4 Å². The van der Waals surface area contributed by atoms with E-state index in [1.54, 1.807) is 6.07 Å². The fraction of sp³-hybridized carbons (Fsp3) is 0.346. The van der Waals surface area contributed by atoms with Crippen LogP contribution in [0, 0.1) is 5.82 Å². The van der Waals surface area contributed by atoms with Crippen molar-refractivity contribution in [1.29, 1.82) is 0 Å². The van der Waals surface area contributed by atoms with E-state index in [0.29, 0.717) is 16.5 Å². The lowest BCUT2D eigenvalue weighted by Crippen LogP contribution is -2.43. The van der Waals surface area contributed by atoms with Crippen LogP contribution in [-0.4, -0.2) is 39.2 Å². The standard InChI is InChI=1S/C26H25ClFN5OS/c1-26(2)13-32(17-7-8-17)12-15-10-16(6-9-19(15)26)30-25-29-11-18-23(31-25)35-14-33(24(18)34)22-20(27)4-3-5-21(22)28/h3-6,9-11,17H,7-8,12-14H2,1-2H3,(H,29,30,31). The molecule has 0 unspecified atom stereocenters. The summed E-state index contributed by atoms with van der Waals surface area (Å²) in [6.45, 7) is 6.67. The number of hydrogen-bond acceptors (Lipinski definition) is 6. The first-order chi connectivity index (χ1) is 16.8. The number of nitrogens with zero attached hydrogens (tertiary/aromatic N) is 4. The van der Waals surface area contributed by atoms with Crippen molar-refractivity contribution in [3.05, 3.63) is 70.1 Å². The van der Waals surface area contributed by atoms with Crippen LogP contribution in [0.4, 0.5) is 21.7 Å². The topological polar surface area (TPSA) is 61.4 Å². The summed E-state index contributed by atoms with van der Waals surface area (Å²) in [5.41, 5.74) is 4.16. The summed E-state index contributed by atoms with van der Waals surface area (Å²) in [5, 5.41) is 4.06. The van der Waals surface area contributed by atoms with Crippen LogP contribution in [0.15, 0.2) is 47.6 Å². The second-order valence-corrected chi connectivity index (χ2v) is 11.3. The molecule has 3 heterocycles. The molecule has 0 atom stereocenters. The van der Waals surface area contributed by atoms with E-state index in [1.807, 2.05) is 0 Å². The van der Waals surface area contributed by atoms with Crippen molar-refractivity contribution < 1.29 is 9.18 Å². The van der Waals surface area contributed by atoms with E-state index < -0.39 is 5.82 Å². The molecule has 3 aliphatic rings. The van der Waals surface area contributed by atoms with E-state index in [0.717, 1.165) is 24.8 Å². The number of halogens is 2. The molecule has 1 aliphatic carbocycles. The molecular weight excluding hydrogens is 485 g/mol. The summed E-state index contributed by atoms with van der Waals surface area (Å²) in [4.78, 5) is 26.0. The molecule has 1 aromatic heterocycles. The molecule has 9 heteroatoms. The van der Waals surface area contributed by atoms with Gasteiger partial charge in [0.1, 0.15) is 10.8 Å². The Morgan fingerprint density at radius 2 is 2.06 bits per heavy atom. The Morgan fingerprint density at radius 1 is 1.23 bits per heavy atom. The first-order valence-corrected chi connectivity index (χ1v) is 13.1. The van der Waals surface area contributed by atoms with Crippen LogP contribution in [0.1, 0.15) is 48.2 Å². The van der Waals surface area contributed by atoms with Crippen molar-refractivity contribution in [3.8, 4) is 0 Å². The van der Waals surface area contributed by atoms with Gasteiger partial charge in [0, 0.05) is 36.4 Å². The molecule has 35 heavy (non-hydrogen) atoms. The first-order valence-electron chi connectivity index (χ1n) is 11.7. The molecule has 0 radical (unpaired) electrons. The number of carbonyl (C=O) groups excluding carboxylic acids is 1. The fourth-order valence-electron chi connectivity index (χ4n) is 5.08. The maximum Gasteiger partial charge on any atom is 0.263 e. The minimum absolute atomic E-state index is 0.0803. The molecule has 2 aromatic carbocycles. The molecule has 0 saturated heterocycles. The molecule has 1 N–H and O–H groups in total. The average Bonchev–Trinajstić information content (AvgIpc) is 3.65. The zero-order valence-electron chi connectivity index (χ0n) is 19.5. The summed E-state index contributed by atoms with van der Waals surface area (Å²) < 4.78 is 14.4. The minimum Gasteiger partial charge on any atom is -0.324 e. The quantitative estimate of drug-likeness (QED) is 0.437. The van der Waals surface area contributed by atoms with Crippen molar-refractivity contribution >= 4 is 46.6 Å². The predicted octanol–water partition coefficient (Wildman–Crippen LogP) is 5.98. The summed E-state index contributed by atoms with van der Waals surface area (Å²) in [5.74, 6) is -0.262. The Balaban J connectivity index is 1.24. The first kappa shape index (κ1) is 22.8. The molecular formula is C26H25ClFN5OS. The van der Waals surface area contributed by atoms with Gasteiger partial charge in [-0.05, 0) is 48.2 Å². The van der Waals surface area contributed by atoms with E-state index in [2.05, 4.69) is 52.2 Å². The number of thioether (sulfide) groups is 1. The van der Waals surface area contributed by atoms with Gasteiger partial charge >= 0.3 is 0 Å². The van der Waals surface area contributed by atoms with E-state index in [9.17, 15) is 9.18 Å². The lowest BCUT2D eigenvalue weighted by Gasteiger charge is -2.40. The van der Waals surface area contributed by atoms with Gasteiger partial charge in [0.25, 0.3) is 5.91 Å². The predicted molar refractivity (Wildman–Crippen MR) is 137 cm³/mol. The van der Waals surface area contributed by atoms with Gasteiger partial charge in [-0.3, -0.25) is 14.6 Å². The van der Waals surface area contributed by atoms with Crippen LogP contribution < -0.4 is 10.2 Å². The third kappa shape index (κ3) is 4.17. The number of aromatic nitrogens is 2. The highest BCUT2D eigenvalue weighted by molar-refractivity contribution is 7.99. The molecule has 1 fully saturated rings. The van der Waals surface area contributed by atoms with E-state index >= 15 is 0 Å². The Bertz CT molecular complexity index is 1330. The van der Waals surface area contributed by atoms with Gasteiger partial charge in [-0.1, -0.05) is 49.3 Å². The van der Waals surface area contributed by atoms with E-state index in [4.69, 9.17) is 11.6 Å². The molecule has 0 spiro atoms. The van der Waals surface area contributed by atoms with Crippen LogP contribution in [0.25, 0.3) is 0 Å². The van der Waals surface area contributed by atoms with Gasteiger partial charge in [-0.2, -0.15) is 0 Å². The summed E-state index contributed by atoms with van der Waals surface area (Å²) in [6.07, 6.45) is 4.09. The molecule has 1 saturated carbocycles. The fourth-order valence-corrected chi connectivity index (χ4v) is 6.29. The second-order valence-electron chi connectivity index (χ2n) is 10.0. The number of benzene rings is 2. The highest BCUT2D eigenvalue weighted by Gasteiger charge is 2.38. The molecule has 1 amide bonds. The third-order valence-corrected chi connectivity index (χ3v) is 8.17. The van der Waals surface area contributed by atoms with E-state index in [1.165, 1.54) is 59.0 Å². The Hall–Kier alpha value is -2.68. The second kappa shape index (κ2) is 8.47. The van der Waals surface area contributed by atoms with Crippen LogP contribution in [0.3, 0.4) is 0 Å². The zero-order valence-corrected chi connectivity index (χ0v) is 21.1. The molecule has 2 aliphatic heterocycles. The maximum absolute atomic E-state index is 14.4. The highest BCUT2D eigenvalue weighted by Crippen LogP contribution is 2.40. The van der Waals surface area contributed by atoms with Crippen LogP contribution in [0.2, 0.25) is 5.02 Å². The largest absolute Gasteiger partial charge is 0.324 e. The number of carbonyl (C=O) groups is 1. The molecule has 0 bridgehead atoms. The lowest BCUT2D eigenvalue weighted by molar-refractivity contribution is 0.0985. The average molecular weight is 510 g/mol. The third-order valence-electron chi connectivity index (χ3n) is 6.89. The van der Waals surface area contributed by atoms with Crippen molar-refractivity contribution in [2.45, 2.75) is 49.7 Å². The van der Waals surface area contributed by atoms with Gasteiger partial charge in [0.05, 0.1) is 22.2 Å². The zero-order chi connectivity index (χ0) is 24.3. The Morgan fingerprint density at radius 3 is 2.83 bits per heavy atom. The minimum atomic E-state index is -0.537. The van der Waals surface area contributed by atoms with Gasteiger partial charge in [0.2, 0.25) is 5.95 Å². The van der Waals surface area contributed by atoms with Gasteiger partial charge in [-0.15, -0.1) is 0 Å². The molecule has 6 rings (SSSR count). The normalized spacial score (nSPS) is 19.3. The van der Waals surface area contributed by atoms with Gasteiger partial charge in [-0.25, -0.2) is 14.4 Å². The Labute approximate surface area is 212 Å².